The fourth-order valence-electron chi connectivity index (χ4n) is 1.68. The van der Waals surface area contributed by atoms with Crippen LogP contribution in [0.3, 0.4) is 0 Å². The Kier molecular flexibility index (Phi) is 6.26. The van der Waals surface area contributed by atoms with E-state index in [4.69, 9.17) is 5.11 Å². The number of rotatable bonds is 7. The summed E-state index contributed by atoms with van der Waals surface area (Å²) in [6.45, 7) is 1.59. The molecule has 0 aliphatic rings. The first-order chi connectivity index (χ1) is 10.2. The van der Waals surface area contributed by atoms with Crippen LogP contribution in [0.25, 0.3) is 0 Å². The number of halogens is 3. The molecule has 1 rings (SSSR count). The third-order valence-electron chi connectivity index (χ3n) is 2.69. The second-order valence-electron chi connectivity index (χ2n) is 4.68. The molecule has 0 spiro atoms. The molecule has 9 heteroatoms. The molecule has 0 unspecified atom stereocenters. The predicted octanol–water partition coefficient (Wildman–Crippen LogP) is 2.18. The van der Waals surface area contributed by atoms with Crippen molar-refractivity contribution in [1.82, 2.24) is 15.3 Å². The monoisotopic (exact) mass is 319 g/mol. The number of aryl methyl sites for hydroxylation is 1. The van der Waals surface area contributed by atoms with Crippen molar-refractivity contribution in [2.45, 2.75) is 38.8 Å². The van der Waals surface area contributed by atoms with E-state index in [1.807, 2.05) is 0 Å². The van der Waals surface area contributed by atoms with Crippen molar-refractivity contribution in [3.05, 3.63) is 23.3 Å². The molecular weight excluding hydrogens is 303 g/mol. The van der Waals surface area contributed by atoms with Gasteiger partial charge in [0.15, 0.2) is 0 Å². The second kappa shape index (κ2) is 7.71. The fraction of sp³-hybridized carbons (Fsp3) is 0.538. The number of aromatic nitrogens is 2. The number of hydrogen-bond acceptors (Lipinski definition) is 4. The quantitative estimate of drug-likeness (QED) is 0.752. The van der Waals surface area contributed by atoms with Gasteiger partial charge in [0, 0.05) is 18.7 Å². The first-order valence-corrected chi connectivity index (χ1v) is 6.63. The summed E-state index contributed by atoms with van der Waals surface area (Å²) in [5.74, 6) is -2.95. The summed E-state index contributed by atoms with van der Waals surface area (Å²) < 4.78 is 37.7. The van der Waals surface area contributed by atoms with Gasteiger partial charge in [-0.2, -0.15) is 13.2 Å². The molecule has 0 fully saturated rings. The van der Waals surface area contributed by atoms with Gasteiger partial charge in [0.05, 0.1) is 0 Å². The van der Waals surface area contributed by atoms with Crippen LogP contribution in [0.5, 0.6) is 0 Å². The predicted molar refractivity (Wildman–Crippen MR) is 70.2 cm³/mol. The molecule has 0 aromatic carbocycles. The van der Waals surface area contributed by atoms with Crippen molar-refractivity contribution in [1.29, 1.82) is 0 Å². The molecule has 0 saturated heterocycles. The van der Waals surface area contributed by atoms with Crippen LogP contribution in [0.4, 0.5) is 13.2 Å². The molecule has 1 aromatic heterocycles. The smallest absolute Gasteiger partial charge is 0.451 e. The molecule has 0 atom stereocenters. The van der Waals surface area contributed by atoms with E-state index in [0.29, 0.717) is 19.3 Å². The lowest BCUT2D eigenvalue weighted by atomic mass is 10.2. The van der Waals surface area contributed by atoms with Gasteiger partial charge in [0.25, 0.3) is 5.91 Å². The van der Waals surface area contributed by atoms with Gasteiger partial charge in [0.2, 0.25) is 5.82 Å². The number of unbranched alkanes of at least 4 members (excludes halogenated alkanes) is 2. The van der Waals surface area contributed by atoms with E-state index in [1.165, 1.54) is 13.0 Å². The lowest BCUT2D eigenvalue weighted by molar-refractivity contribution is -0.145. The number of carboxylic acids is 1. The van der Waals surface area contributed by atoms with Gasteiger partial charge in [-0.15, -0.1) is 0 Å². The minimum atomic E-state index is -4.71. The normalized spacial score (nSPS) is 11.3. The molecule has 0 saturated carbocycles. The maximum Gasteiger partial charge on any atom is 0.451 e. The summed E-state index contributed by atoms with van der Waals surface area (Å²) in [6.07, 6.45) is -3.04. The summed E-state index contributed by atoms with van der Waals surface area (Å²) in [5.41, 5.74) is -0.292. The SMILES string of the molecule is Cc1cc(C(=O)NCCCCCC(=O)O)nc(C(F)(F)F)n1. The average molecular weight is 319 g/mol. The number of alkyl halides is 3. The average Bonchev–Trinajstić information content (AvgIpc) is 2.40. The molecule has 1 aromatic rings. The summed E-state index contributed by atoms with van der Waals surface area (Å²) in [4.78, 5) is 28.5. The highest BCUT2D eigenvalue weighted by Gasteiger charge is 2.35. The highest BCUT2D eigenvalue weighted by molar-refractivity contribution is 5.92. The zero-order valence-corrected chi connectivity index (χ0v) is 11.9. The minimum Gasteiger partial charge on any atom is -0.481 e. The Morgan fingerprint density at radius 1 is 1.23 bits per heavy atom. The summed E-state index contributed by atoms with van der Waals surface area (Å²) in [5, 5.41) is 10.9. The van der Waals surface area contributed by atoms with Gasteiger partial charge >= 0.3 is 12.1 Å². The van der Waals surface area contributed by atoms with Crippen LogP contribution >= 0.6 is 0 Å². The number of nitrogens with one attached hydrogen (secondary N) is 1. The van der Waals surface area contributed by atoms with Crippen molar-refractivity contribution < 1.29 is 27.9 Å². The van der Waals surface area contributed by atoms with Crippen LogP contribution in [-0.2, 0) is 11.0 Å². The molecule has 0 radical (unpaired) electrons. The topological polar surface area (TPSA) is 92.2 Å². The number of nitrogens with zero attached hydrogens (tertiary/aromatic N) is 2. The Morgan fingerprint density at radius 2 is 1.91 bits per heavy atom. The molecule has 122 valence electrons. The third-order valence-corrected chi connectivity index (χ3v) is 2.69. The number of hydrogen-bond donors (Lipinski definition) is 2. The molecule has 6 nitrogen and oxygen atoms in total. The van der Waals surface area contributed by atoms with E-state index in [9.17, 15) is 22.8 Å². The molecule has 1 heterocycles. The van der Waals surface area contributed by atoms with E-state index in [1.54, 1.807) is 0 Å². The Hall–Kier alpha value is -2.19. The lowest BCUT2D eigenvalue weighted by Gasteiger charge is -2.09. The van der Waals surface area contributed by atoms with Gasteiger partial charge < -0.3 is 10.4 Å². The number of carbonyl (C=O) groups is 2. The highest BCUT2D eigenvalue weighted by Crippen LogP contribution is 2.26. The number of amides is 1. The molecule has 22 heavy (non-hydrogen) atoms. The number of carboxylic acid groups (broad SMARTS) is 1. The van der Waals surface area contributed by atoms with Crippen molar-refractivity contribution in [2.75, 3.05) is 6.54 Å². The molecule has 1 amide bonds. The number of carbonyl (C=O) groups excluding carboxylic acids is 1. The van der Waals surface area contributed by atoms with Crippen LogP contribution in [0.15, 0.2) is 6.07 Å². The second-order valence-corrected chi connectivity index (χ2v) is 4.68. The van der Waals surface area contributed by atoms with Crippen molar-refractivity contribution in [3.63, 3.8) is 0 Å². The third kappa shape index (κ3) is 6.06. The van der Waals surface area contributed by atoms with Crippen molar-refractivity contribution in [3.8, 4) is 0 Å². The van der Waals surface area contributed by atoms with Crippen LogP contribution < -0.4 is 5.32 Å². The van der Waals surface area contributed by atoms with Gasteiger partial charge in [-0.25, -0.2) is 9.97 Å². The van der Waals surface area contributed by atoms with Gasteiger partial charge in [0.1, 0.15) is 5.69 Å². The van der Waals surface area contributed by atoms with Gasteiger partial charge in [-0.05, 0) is 25.8 Å². The summed E-state index contributed by atoms with van der Waals surface area (Å²) in [6, 6.07) is 1.18. The summed E-state index contributed by atoms with van der Waals surface area (Å²) in [7, 11) is 0. The maximum absolute atomic E-state index is 12.6. The van der Waals surface area contributed by atoms with E-state index < -0.39 is 23.9 Å². The first-order valence-electron chi connectivity index (χ1n) is 6.63. The molecule has 0 bridgehead atoms. The van der Waals surface area contributed by atoms with Crippen molar-refractivity contribution >= 4 is 11.9 Å². The van der Waals surface area contributed by atoms with Crippen molar-refractivity contribution in [2.24, 2.45) is 0 Å². The zero-order chi connectivity index (χ0) is 16.8. The summed E-state index contributed by atoms with van der Waals surface area (Å²) >= 11 is 0. The van der Waals surface area contributed by atoms with E-state index >= 15 is 0 Å². The zero-order valence-electron chi connectivity index (χ0n) is 11.9. The molecule has 0 aliphatic heterocycles. The molecule has 0 aliphatic carbocycles. The van der Waals surface area contributed by atoms with Crippen LogP contribution in [0.1, 0.15) is 47.7 Å². The molecule has 2 N–H and O–H groups in total. The molecular formula is C13H16F3N3O3. The standard InChI is InChI=1S/C13H16F3N3O3/c1-8-7-9(19-12(18-8)13(14,15)16)11(22)17-6-4-2-3-5-10(20)21/h7H,2-6H2,1H3,(H,17,22)(H,20,21). The number of aliphatic carboxylic acids is 1. The van der Waals surface area contributed by atoms with E-state index in [0.717, 1.165) is 0 Å². The minimum absolute atomic E-state index is 0.0496. The van der Waals surface area contributed by atoms with Gasteiger partial charge in [-0.3, -0.25) is 9.59 Å². The Labute approximate surface area is 124 Å². The highest BCUT2D eigenvalue weighted by atomic mass is 19.4. The lowest BCUT2D eigenvalue weighted by Crippen LogP contribution is -2.27. The van der Waals surface area contributed by atoms with Crippen LogP contribution in [0, 0.1) is 6.92 Å². The van der Waals surface area contributed by atoms with Crippen LogP contribution in [-0.4, -0.2) is 33.5 Å². The van der Waals surface area contributed by atoms with Gasteiger partial charge in [-0.1, -0.05) is 6.42 Å². The maximum atomic E-state index is 12.6. The van der Waals surface area contributed by atoms with E-state index in [2.05, 4.69) is 15.3 Å². The largest absolute Gasteiger partial charge is 0.481 e. The first kappa shape index (κ1) is 17.9. The van der Waals surface area contributed by atoms with E-state index in [-0.39, 0.29) is 24.4 Å². The Bertz CT molecular complexity index is 547. The fourth-order valence-corrected chi connectivity index (χ4v) is 1.68. The Balaban J connectivity index is 2.52. The van der Waals surface area contributed by atoms with Crippen LogP contribution in [0.2, 0.25) is 0 Å². The Morgan fingerprint density at radius 3 is 2.50 bits per heavy atom.